The molecule has 1 aromatic heterocycles. The Morgan fingerprint density at radius 2 is 2.22 bits per heavy atom. The van der Waals surface area contributed by atoms with E-state index < -0.39 is 4.92 Å². The van der Waals surface area contributed by atoms with Gasteiger partial charge in [0.2, 0.25) is 11.6 Å². The Hall–Kier alpha value is -2.26. The van der Waals surface area contributed by atoms with Crippen molar-refractivity contribution in [2.45, 2.75) is 6.92 Å². The molecule has 0 radical (unpaired) electrons. The predicted molar refractivity (Wildman–Crippen MR) is 91.1 cm³/mol. The van der Waals surface area contributed by atoms with Crippen molar-refractivity contribution in [2.75, 3.05) is 29.9 Å². The third-order valence-corrected chi connectivity index (χ3v) is 3.62. The van der Waals surface area contributed by atoms with Crippen molar-refractivity contribution in [1.29, 1.82) is 0 Å². The van der Waals surface area contributed by atoms with Crippen molar-refractivity contribution in [3.63, 3.8) is 0 Å². The number of aliphatic hydroxyl groups excluding tert-OH is 1. The number of hydrogen-bond donors (Lipinski definition) is 2. The first-order chi connectivity index (χ1) is 11.1. The van der Waals surface area contributed by atoms with Crippen LogP contribution in [-0.2, 0) is 0 Å². The molecule has 0 unspecified atom stereocenters. The zero-order valence-electron chi connectivity index (χ0n) is 12.4. The van der Waals surface area contributed by atoms with E-state index in [1.807, 2.05) is 19.1 Å². The number of hydrogen-bond acceptors (Lipinski definition) is 7. The number of likely N-dealkylation sites (N-methyl/N-ethyl adjacent to an activating group) is 1. The standard InChI is InChI=1S/C14H16BrN5O3/c1-2-19(6-7-21)14-12(20(22)23)13(16-9-17-14)18-11-5-3-4-10(15)8-11/h3-5,8-9,21H,2,6-7H2,1H3,(H,16,17,18). The number of anilines is 3. The van der Waals surface area contributed by atoms with Crippen LogP contribution < -0.4 is 10.2 Å². The number of nitrogens with one attached hydrogen (secondary N) is 1. The molecule has 122 valence electrons. The summed E-state index contributed by atoms with van der Waals surface area (Å²) in [6.07, 6.45) is 1.27. The minimum atomic E-state index is -0.518. The average Bonchev–Trinajstić information content (AvgIpc) is 2.52. The van der Waals surface area contributed by atoms with Crippen molar-refractivity contribution in [1.82, 2.24) is 9.97 Å². The minimum absolute atomic E-state index is 0.106. The molecule has 23 heavy (non-hydrogen) atoms. The molecule has 2 aromatic rings. The van der Waals surface area contributed by atoms with Gasteiger partial charge in [0.25, 0.3) is 0 Å². The van der Waals surface area contributed by atoms with Gasteiger partial charge in [-0.2, -0.15) is 0 Å². The fourth-order valence-corrected chi connectivity index (χ4v) is 2.50. The van der Waals surface area contributed by atoms with E-state index in [2.05, 4.69) is 31.2 Å². The summed E-state index contributed by atoms with van der Waals surface area (Å²) in [6.45, 7) is 2.45. The van der Waals surface area contributed by atoms with Gasteiger partial charge in [0.05, 0.1) is 11.5 Å². The maximum absolute atomic E-state index is 11.5. The van der Waals surface area contributed by atoms with E-state index in [9.17, 15) is 10.1 Å². The lowest BCUT2D eigenvalue weighted by Crippen LogP contribution is -2.28. The summed E-state index contributed by atoms with van der Waals surface area (Å²) < 4.78 is 0.842. The van der Waals surface area contributed by atoms with Crippen LogP contribution in [0.25, 0.3) is 0 Å². The Morgan fingerprint density at radius 1 is 1.43 bits per heavy atom. The third kappa shape index (κ3) is 4.14. The smallest absolute Gasteiger partial charge is 0.353 e. The Bertz CT molecular complexity index is 698. The first kappa shape index (κ1) is 17.1. The maximum atomic E-state index is 11.5. The third-order valence-electron chi connectivity index (χ3n) is 3.12. The molecule has 0 aliphatic rings. The quantitative estimate of drug-likeness (QED) is 0.560. The summed E-state index contributed by atoms with van der Waals surface area (Å²) in [4.78, 5) is 20.6. The molecule has 0 aliphatic heterocycles. The Labute approximate surface area is 141 Å². The fourth-order valence-electron chi connectivity index (χ4n) is 2.10. The van der Waals surface area contributed by atoms with E-state index in [0.717, 1.165) is 4.47 Å². The molecule has 2 rings (SSSR count). The summed E-state index contributed by atoms with van der Waals surface area (Å²) in [5.41, 5.74) is 0.445. The normalized spacial score (nSPS) is 10.4. The van der Waals surface area contributed by atoms with Crippen LogP contribution in [0.2, 0.25) is 0 Å². The number of nitrogens with zero attached hydrogens (tertiary/aromatic N) is 4. The van der Waals surface area contributed by atoms with Crippen molar-refractivity contribution in [2.24, 2.45) is 0 Å². The summed E-state index contributed by atoms with van der Waals surface area (Å²) >= 11 is 3.35. The van der Waals surface area contributed by atoms with Gasteiger partial charge in [-0.05, 0) is 25.1 Å². The molecule has 0 saturated carbocycles. The predicted octanol–water partition coefficient (Wildman–Crippen LogP) is 2.71. The molecular formula is C14H16BrN5O3. The molecule has 0 aliphatic carbocycles. The van der Waals surface area contributed by atoms with Gasteiger partial charge in [0, 0.05) is 23.2 Å². The summed E-state index contributed by atoms with van der Waals surface area (Å²) in [5.74, 6) is 0.286. The van der Waals surface area contributed by atoms with Crippen LogP contribution in [0.1, 0.15) is 6.92 Å². The molecule has 0 amide bonds. The lowest BCUT2D eigenvalue weighted by atomic mass is 10.3. The van der Waals surface area contributed by atoms with E-state index in [4.69, 9.17) is 5.11 Å². The second-order valence-electron chi connectivity index (χ2n) is 4.59. The topological polar surface area (TPSA) is 104 Å². The molecular weight excluding hydrogens is 366 g/mol. The highest BCUT2D eigenvalue weighted by atomic mass is 79.9. The van der Waals surface area contributed by atoms with Crippen molar-refractivity contribution in [3.8, 4) is 0 Å². The minimum Gasteiger partial charge on any atom is -0.395 e. The zero-order chi connectivity index (χ0) is 16.8. The molecule has 0 saturated heterocycles. The maximum Gasteiger partial charge on any atom is 0.353 e. The number of halogens is 1. The summed E-state index contributed by atoms with van der Waals surface area (Å²) in [6, 6.07) is 7.23. The van der Waals surface area contributed by atoms with Gasteiger partial charge in [-0.3, -0.25) is 10.1 Å². The van der Waals surface area contributed by atoms with Crippen LogP contribution in [0, 0.1) is 10.1 Å². The van der Waals surface area contributed by atoms with Gasteiger partial charge in [-0.1, -0.05) is 22.0 Å². The Morgan fingerprint density at radius 3 is 2.83 bits per heavy atom. The highest BCUT2D eigenvalue weighted by Gasteiger charge is 2.26. The van der Waals surface area contributed by atoms with E-state index in [1.165, 1.54) is 6.33 Å². The summed E-state index contributed by atoms with van der Waals surface area (Å²) in [7, 11) is 0. The first-order valence-corrected chi connectivity index (χ1v) is 7.74. The highest BCUT2D eigenvalue weighted by Crippen LogP contribution is 2.33. The van der Waals surface area contributed by atoms with Gasteiger partial charge in [-0.25, -0.2) is 9.97 Å². The Kier molecular flexibility index (Phi) is 5.83. The van der Waals surface area contributed by atoms with Gasteiger partial charge >= 0.3 is 5.69 Å². The fraction of sp³-hybridized carbons (Fsp3) is 0.286. The first-order valence-electron chi connectivity index (χ1n) is 6.94. The van der Waals surface area contributed by atoms with E-state index in [-0.39, 0.29) is 30.5 Å². The molecule has 0 spiro atoms. The second kappa shape index (κ2) is 7.84. The van der Waals surface area contributed by atoms with E-state index in [0.29, 0.717) is 12.2 Å². The van der Waals surface area contributed by atoms with E-state index >= 15 is 0 Å². The highest BCUT2D eigenvalue weighted by molar-refractivity contribution is 9.10. The van der Waals surface area contributed by atoms with Gasteiger partial charge < -0.3 is 15.3 Å². The molecule has 0 fully saturated rings. The second-order valence-corrected chi connectivity index (χ2v) is 5.51. The number of rotatable bonds is 7. The largest absolute Gasteiger partial charge is 0.395 e. The zero-order valence-corrected chi connectivity index (χ0v) is 14.0. The van der Waals surface area contributed by atoms with Crippen LogP contribution in [0.3, 0.4) is 0 Å². The SMILES string of the molecule is CCN(CCO)c1ncnc(Nc2cccc(Br)c2)c1[N+](=O)[O-]. The van der Waals surface area contributed by atoms with Crippen LogP contribution in [0.15, 0.2) is 35.1 Å². The van der Waals surface area contributed by atoms with Gasteiger partial charge in [-0.15, -0.1) is 0 Å². The molecule has 9 heteroatoms. The number of aromatic nitrogens is 2. The van der Waals surface area contributed by atoms with Crippen molar-refractivity contribution < 1.29 is 10.0 Å². The van der Waals surface area contributed by atoms with E-state index in [1.54, 1.807) is 17.0 Å². The molecule has 0 atom stereocenters. The monoisotopic (exact) mass is 381 g/mol. The lowest BCUT2D eigenvalue weighted by molar-refractivity contribution is -0.383. The van der Waals surface area contributed by atoms with Crippen molar-refractivity contribution in [3.05, 3.63) is 45.2 Å². The molecule has 1 aromatic carbocycles. The van der Waals surface area contributed by atoms with Gasteiger partial charge in [0.1, 0.15) is 6.33 Å². The lowest BCUT2D eigenvalue weighted by Gasteiger charge is -2.20. The number of nitro groups is 1. The number of benzene rings is 1. The van der Waals surface area contributed by atoms with Crippen LogP contribution in [-0.4, -0.2) is 39.7 Å². The molecule has 1 heterocycles. The van der Waals surface area contributed by atoms with Crippen LogP contribution >= 0.6 is 15.9 Å². The average molecular weight is 382 g/mol. The number of aliphatic hydroxyl groups is 1. The van der Waals surface area contributed by atoms with Crippen molar-refractivity contribution >= 4 is 38.9 Å². The van der Waals surface area contributed by atoms with Crippen LogP contribution in [0.5, 0.6) is 0 Å². The molecule has 0 bridgehead atoms. The summed E-state index contributed by atoms with van der Waals surface area (Å²) in [5, 5.41) is 23.6. The molecule has 8 nitrogen and oxygen atoms in total. The van der Waals surface area contributed by atoms with Gasteiger partial charge in [0.15, 0.2) is 0 Å². The molecule has 2 N–H and O–H groups in total. The Balaban J connectivity index is 2.45. The van der Waals surface area contributed by atoms with Crippen LogP contribution in [0.4, 0.5) is 23.0 Å².